The lowest BCUT2D eigenvalue weighted by atomic mass is 10.1. The van der Waals surface area contributed by atoms with E-state index < -0.39 is 0 Å². The van der Waals surface area contributed by atoms with Gasteiger partial charge in [0.1, 0.15) is 11.5 Å². The second-order valence-electron chi connectivity index (χ2n) is 5.37. The van der Waals surface area contributed by atoms with Crippen molar-refractivity contribution in [2.75, 3.05) is 6.61 Å². The molecule has 0 amide bonds. The second kappa shape index (κ2) is 8.61. The van der Waals surface area contributed by atoms with Gasteiger partial charge in [0.05, 0.1) is 11.6 Å². The molecule has 24 heavy (non-hydrogen) atoms. The van der Waals surface area contributed by atoms with Crippen LogP contribution in [0.5, 0.6) is 11.5 Å². The molecule has 0 unspecified atom stereocenters. The Morgan fingerprint density at radius 3 is 2.33 bits per heavy atom. The highest BCUT2D eigenvalue weighted by Gasteiger charge is 2.09. The van der Waals surface area contributed by atoms with E-state index in [1.54, 1.807) is 30.3 Å². The van der Waals surface area contributed by atoms with Gasteiger partial charge in [-0.3, -0.25) is 4.79 Å². The summed E-state index contributed by atoms with van der Waals surface area (Å²) in [7, 11) is 0. The van der Waals surface area contributed by atoms with E-state index in [0.717, 1.165) is 11.1 Å². The third-order valence-corrected chi connectivity index (χ3v) is 4.45. The molecule has 0 aliphatic carbocycles. The van der Waals surface area contributed by atoms with E-state index in [1.807, 2.05) is 13.8 Å². The summed E-state index contributed by atoms with van der Waals surface area (Å²) < 4.78 is 10.9. The Morgan fingerprint density at radius 2 is 1.71 bits per heavy atom. The topological polar surface area (TPSA) is 35.5 Å². The van der Waals surface area contributed by atoms with Crippen molar-refractivity contribution in [3.8, 4) is 11.5 Å². The number of carbonyl (C=O) groups is 1. The molecule has 0 atom stereocenters. The summed E-state index contributed by atoms with van der Waals surface area (Å²) in [5.74, 6) is 0.723. The molecule has 128 valence electrons. The zero-order chi connectivity index (χ0) is 17.7. The summed E-state index contributed by atoms with van der Waals surface area (Å²) in [5.41, 5.74) is 1.75. The van der Waals surface area contributed by atoms with Gasteiger partial charge in [-0.2, -0.15) is 0 Å². The monoisotopic (exact) mass is 386 g/mol. The average Bonchev–Trinajstić information content (AvgIpc) is 2.50. The number of hydrogen-bond acceptors (Lipinski definition) is 3. The molecule has 0 aliphatic rings. The first-order chi connectivity index (χ1) is 11.4. The van der Waals surface area contributed by atoms with E-state index in [2.05, 4.69) is 0 Å². The number of halogens is 3. The lowest BCUT2D eigenvalue weighted by molar-refractivity contribution is -0.134. The summed E-state index contributed by atoms with van der Waals surface area (Å²) in [4.78, 5) is 11.9. The molecule has 0 heterocycles. The summed E-state index contributed by atoms with van der Waals surface area (Å²) in [5, 5.41) is 1.67. The molecule has 0 bridgehead atoms. The maximum atomic E-state index is 11.9. The highest BCUT2D eigenvalue weighted by molar-refractivity contribution is 6.35. The first-order valence-electron chi connectivity index (χ1n) is 7.42. The van der Waals surface area contributed by atoms with Crippen LogP contribution in [0.1, 0.15) is 24.0 Å². The van der Waals surface area contributed by atoms with Crippen LogP contribution in [-0.2, 0) is 4.79 Å². The summed E-state index contributed by atoms with van der Waals surface area (Å²) in [6, 6.07) is 8.50. The van der Waals surface area contributed by atoms with Crippen molar-refractivity contribution in [1.29, 1.82) is 0 Å². The number of aryl methyl sites for hydroxylation is 2. The van der Waals surface area contributed by atoms with Crippen LogP contribution in [0.25, 0.3) is 0 Å². The third kappa shape index (κ3) is 5.30. The zero-order valence-corrected chi connectivity index (χ0v) is 15.6. The maximum absolute atomic E-state index is 11.9. The van der Waals surface area contributed by atoms with Crippen LogP contribution in [-0.4, -0.2) is 12.6 Å². The molecule has 0 N–H and O–H groups in total. The van der Waals surface area contributed by atoms with E-state index in [-0.39, 0.29) is 12.4 Å². The van der Waals surface area contributed by atoms with Crippen LogP contribution in [0.15, 0.2) is 30.3 Å². The molecular formula is C18H17Cl3O3. The van der Waals surface area contributed by atoms with Crippen LogP contribution in [0.4, 0.5) is 0 Å². The van der Waals surface area contributed by atoms with Crippen LogP contribution in [0.2, 0.25) is 15.1 Å². The molecule has 2 aromatic rings. The van der Waals surface area contributed by atoms with Gasteiger partial charge in [-0.15, -0.1) is 0 Å². The molecule has 0 saturated carbocycles. The Kier molecular flexibility index (Phi) is 6.79. The largest absolute Gasteiger partial charge is 0.492 e. The minimum absolute atomic E-state index is 0.242. The summed E-state index contributed by atoms with van der Waals surface area (Å²) >= 11 is 17.9. The fraction of sp³-hybridized carbons (Fsp3) is 0.278. The molecule has 0 radical (unpaired) electrons. The molecule has 2 aromatic carbocycles. The second-order valence-corrected chi connectivity index (χ2v) is 6.59. The molecule has 2 rings (SSSR count). The first-order valence-corrected chi connectivity index (χ1v) is 8.55. The number of esters is 1. The Morgan fingerprint density at radius 1 is 1.04 bits per heavy atom. The number of ether oxygens (including phenoxy) is 2. The Balaban J connectivity index is 1.79. The van der Waals surface area contributed by atoms with Gasteiger partial charge in [0.2, 0.25) is 0 Å². The summed E-state index contributed by atoms with van der Waals surface area (Å²) in [6.07, 6.45) is 0.759. The van der Waals surface area contributed by atoms with Crippen LogP contribution < -0.4 is 9.47 Å². The van der Waals surface area contributed by atoms with E-state index in [4.69, 9.17) is 44.3 Å². The van der Waals surface area contributed by atoms with Gasteiger partial charge in [0.15, 0.2) is 0 Å². The van der Waals surface area contributed by atoms with Crippen molar-refractivity contribution in [2.45, 2.75) is 26.7 Å². The van der Waals surface area contributed by atoms with Gasteiger partial charge in [0, 0.05) is 16.5 Å². The van der Waals surface area contributed by atoms with Gasteiger partial charge in [0.25, 0.3) is 0 Å². The van der Waals surface area contributed by atoms with Crippen molar-refractivity contribution in [1.82, 2.24) is 0 Å². The smallest absolute Gasteiger partial charge is 0.311 e. The van der Waals surface area contributed by atoms with E-state index in [0.29, 0.717) is 39.6 Å². The fourth-order valence-corrected chi connectivity index (χ4v) is 2.71. The molecule has 0 fully saturated rings. The Hall–Kier alpha value is -1.42. The Bertz CT molecular complexity index is 721. The molecule has 6 heteroatoms. The highest BCUT2D eigenvalue weighted by Crippen LogP contribution is 2.28. The summed E-state index contributed by atoms with van der Waals surface area (Å²) in [6.45, 7) is 4.10. The van der Waals surface area contributed by atoms with Crippen molar-refractivity contribution < 1.29 is 14.3 Å². The lowest BCUT2D eigenvalue weighted by Gasteiger charge is -2.10. The minimum Gasteiger partial charge on any atom is -0.492 e. The van der Waals surface area contributed by atoms with Crippen LogP contribution in [0.3, 0.4) is 0 Å². The average molecular weight is 388 g/mol. The zero-order valence-electron chi connectivity index (χ0n) is 13.4. The molecule has 0 aromatic heterocycles. The highest BCUT2D eigenvalue weighted by atomic mass is 35.5. The van der Waals surface area contributed by atoms with Crippen LogP contribution >= 0.6 is 34.8 Å². The fourth-order valence-electron chi connectivity index (χ4n) is 2.14. The molecule has 0 aliphatic heterocycles. The molecule has 3 nitrogen and oxygen atoms in total. The van der Waals surface area contributed by atoms with Crippen molar-refractivity contribution in [3.05, 3.63) is 56.5 Å². The Labute approximate surface area is 156 Å². The molecular weight excluding hydrogens is 371 g/mol. The van der Waals surface area contributed by atoms with Crippen LogP contribution in [0, 0.1) is 13.8 Å². The first kappa shape index (κ1) is 18.9. The molecule has 0 saturated heterocycles. The predicted octanol–water partition coefficient (Wildman–Crippen LogP) is 6.03. The minimum atomic E-state index is -0.318. The van der Waals surface area contributed by atoms with E-state index >= 15 is 0 Å². The van der Waals surface area contributed by atoms with Gasteiger partial charge in [-0.05, 0) is 61.7 Å². The standard InChI is InChI=1S/C18H17Cl3O3/c1-11-8-14(9-12(2)18(11)21)24-17(22)4-3-7-23-16-6-5-13(19)10-15(16)20/h5-6,8-10H,3-4,7H2,1-2H3. The third-order valence-electron chi connectivity index (χ3n) is 3.32. The number of rotatable bonds is 6. The SMILES string of the molecule is Cc1cc(OC(=O)CCCOc2ccc(Cl)cc2Cl)cc(C)c1Cl. The van der Waals surface area contributed by atoms with Crippen molar-refractivity contribution >= 4 is 40.8 Å². The van der Waals surface area contributed by atoms with Crippen molar-refractivity contribution in [2.24, 2.45) is 0 Å². The lowest BCUT2D eigenvalue weighted by Crippen LogP contribution is -2.10. The number of hydrogen-bond donors (Lipinski definition) is 0. The maximum Gasteiger partial charge on any atom is 0.311 e. The van der Waals surface area contributed by atoms with Gasteiger partial charge in [-0.25, -0.2) is 0 Å². The van der Waals surface area contributed by atoms with Gasteiger partial charge >= 0.3 is 5.97 Å². The van der Waals surface area contributed by atoms with Gasteiger partial charge < -0.3 is 9.47 Å². The quantitative estimate of drug-likeness (QED) is 0.345. The van der Waals surface area contributed by atoms with E-state index in [1.165, 1.54) is 0 Å². The predicted molar refractivity (Wildman–Crippen MR) is 97.8 cm³/mol. The van der Waals surface area contributed by atoms with Gasteiger partial charge in [-0.1, -0.05) is 34.8 Å². The van der Waals surface area contributed by atoms with E-state index in [9.17, 15) is 4.79 Å². The van der Waals surface area contributed by atoms with Crippen molar-refractivity contribution in [3.63, 3.8) is 0 Å². The number of carbonyl (C=O) groups excluding carboxylic acids is 1. The normalized spacial score (nSPS) is 10.5. The number of benzene rings is 2. The molecule has 0 spiro atoms.